The molecule has 1 atom stereocenters. The molecule has 0 saturated carbocycles. The molecule has 0 fully saturated rings. The summed E-state index contributed by atoms with van der Waals surface area (Å²) in [5, 5.41) is 8.09. The molecule has 27 heavy (non-hydrogen) atoms. The van der Waals surface area contributed by atoms with Gasteiger partial charge in [0.05, 0.1) is 12.6 Å². The number of amides is 3. The number of carbonyl (C=O) groups is 3. The summed E-state index contributed by atoms with van der Waals surface area (Å²) in [5.41, 5.74) is 7.27. The summed E-state index contributed by atoms with van der Waals surface area (Å²) < 4.78 is 0. The van der Waals surface area contributed by atoms with Crippen molar-refractivity contribution in [1.82, 2.24) is 10.6 Å². The molecule has 152 valence electrons. The summed E-state index contributed by atoms with van der Waals surface area (Å²) in [4.78, 5) is 35.4. The Kier molecular flexibility index (Phi) is 11.3. The Morgan fingerprint density at radius 3 is 2.30 bits per heavy atom. The number of rotatable bonds is 9. The van der Waals surface area contributed by atoms with Gasteiger partial charge in [0.1, 0.15) is 0 Å². The van der Waals surface area contributed by atoms with Gasteiger partial charge in [-0.2, -0.15) is 0 Å². The van der Waals surface area contributed by atoms with Crippen LogP contribution in [0, 0.1) is 11.8 Å². The summed E-state index contributed by atoms with van der Waals surface area (Å²) in [7, 11) is 0. The van der Waals surface area contributed by atoms with Gasteiger partial charge in [-0.3, -0.25) is 14.4 Å². The second-order valence-electron chi connectivity index (χ2n) is 7.11. The third kappa shape index (κ3) is 9.96. The van der Waals surface area contributed by atoms with Crippen LogP contribution in [0.1, 0.15) is 39.7 Å². The Morgan fingerprint density at radius 2 is 1.70 bits per heavy atom. The van der Waals surface area contributed by atoms with Gasteiger partial charge in [0.2, 0.25) is 17.7 Å². The highest BCUT2D eigenvalue weighted by atomic mass is 35.5. The molecule has 0 radical (unpaired) electrons. The standard InChI is InChI=1S/C19H30N4O3.ClH/c1-12(2)8-16(24)23-15-7-5-6-14(9-15)10-21-17(25)11-22-19(26)18(20)13(3)4;/h5-7,9,12-13,18H,8,10-11,20H2,1-4H3,(H,21,25)(H,22,26)(H,23,24);1H/t18-;/m0./s1. The monoisotopic (exact) mass is 398 g/mol. The minimum Gasteiger partial charge on any atom is -0.350 e. The molecular formula is C19H31ClN4O3. The average molecular weight is 399 g/mol. The van der Waals surface area contributed by atoms with Gasteiger partial charge in [-0.25, -0.2) is 0 Å². The normalized spacial score (nSPS) is 11.5. The van der Waals surface area contributed by atoms with Crippen molar-refractivity contribution in [3.05, 3.63) is 29.8 Å². The number of hydrogen-bond donors (Lipinski definition) is 4. The van der Waals surface area contributed by atoms with E-state index in [0.717, 1.165) is 5.56 Å². The van der Waals surface area contributed by atoms with Crippen LogP contribution < -0.4 is 21.7 Å². The third-order valence-electron chi connectivity index (χ3n) is 3.74. The quantitative estimate of drug-likeness (QED) is 0.508. The summed E-state index contributed by atoms with van der Waals surface area (Å²) >= 11 is 0. The molecule has 0 aliphatic rings. The zero-order valence-electron chi connectivity index (χ0n) is 16.4. The van der Waals surface area contributed by atoms with Crippen molar-refractivity contribution >= 4 is 35.8 Å². The molecule has 0 aliphatic heterocycles. The molecule has 0 spiro atoms. The van der Waals surface area contributed by atoms with Crippen molar-refractivity contribution in [2.45, 2.75) is 46.7 Å². The average Bonchev–Trinajstić information content (AvgIpc) is 2.56. The lowest BCUT2D eigenvalue weighted by Gasteiger charge is -2.15. The number of hydrogen-bond acceptors (Lipinski definition) is 4. The zero-order chi connectivity index (χ0) is 19.7. The molecule has 7 nitrogen and oxygen atoms in total. The van der Waals surface area contributed by atoms with E-state index in [-0.39, 0.29) is 48.5 Å². The van der Waals surface area contributed by atoms with Gasteiger partial charge in [0.25, 0.3) is 0 Å². The van der Waals surface area contributed by atoms with Crippen molar-refractivity contribution in [2.75, 3.05) is 11.9 Å². The van der Waals surface area contributed by atoms with E-state index in [1.165, 1.54) is 0 Å². The summed E-state index contributed by atoms with van der Waals surface area (Å²) in [6.07, 6.45) is 0.458. The molecule has 5 N–H and O–H groups in total. The molecule has 1 aromatic rings. The highest BCUT2D eigenvalue weighted by molar-refractivity contribution is 5.91. The molecule has 0 aromatic heterocycles. The van der Waals surface area contributed by atoms with Crippen LogP contribution in [-0.4, -0.2) is 30.3 Å². The van der Waals surface area contributed by atoms with Crippen LogP contribution in [0.5, 0.6) is 0 Å². The number of carbonyl (C=O) groups excluding carboxylic acids is 3. The highest BCUT2D eigenvalue weighted by Crippen LogP contribution is 2.12. The molecule has 1 aromatic carbocycles. The van der Waals surface area contributed by atoms with Crippen LogP contribution in [0.3, 0.4) is 0 Å². The maximum absolute atomic E-state index is 11.9. The molecule has 0 saturated heterocycles. The Morgan fingerprint density at radius 1 is 1.04 bits per heavy atom. The van der Waals surface area contributed by atoms with Gasteiger partial charge >= 0.3 is 0 Å². The number of benzene rings is 1. The van der Waals surface area contributed by atoms with Crippen molar-refractivity contribution < 1.29 is 14.4 Å². The van der Waals surface area contributed by atoms with Crippen LogP contribution in [0.25, 0.3) is 0 Å². The summed E-state index contributed by atoms with van der Waals surface area (Å²) in [6.45, 7) is 7.84. The molecule has 0 bridgehead atoms. The van der Waals surface area contributed by atoms with Gasteiger partial charge in [-0.05, 0) is 29.5 Å². The van der Waals surface area contributed by atoms with Crippen molar-refractivity contribution in [3.8, 4) is 0 Å². The second-order valence-corrected chi connectivity index (χ2v) is 7.11. The molecule has 8 heteroatoms. The van der Waals surface area contributed by atoms with Gasteiger partial charge in [0, 0.05) is 18.7 Å². The minimum absolute atomic E-state index is 0. The molecule has 0 unspecified atom stereocenters. The second kappa shape index (κ2) is 12.3. The molecule has 0 aliphatic carbocycles. The molecule has 0 heterocycles. The Balaban J connectivity index is 0.00000676. The van der Waals surface area contributed by atoms with Crippen molar-refractivity contribution in [2.24, 2.45) is 17.6 Å². The van der Waals surface area contributed by atoms with Gasteiger partial charge < -0.3 is 21.7 Å². The fraction of sp³-hybridized carbons (Fsp3) is 0.526. The van der Waals surface area contributed by atoms with Crippen molar-refractivity contribution in [3.63, 3.8) is 0 Å². The first-order valence-electron chi connectivity index (χ1n) is 8.87. The zero-order valence-corrected chi connectivity index (χ0v) is 17.2. The lowest BCUT2D eigenvalue weighted by atomic mass is 10.1. The maximum atomic E-state index is 11.9. The topological polar surface area (TPSA) is 113 Å². The van der Waals surface area contributed by atoms with Gasteiger partial charge in [-0.1, -0.05) is 39.8 Å². The largest absolute Gasteiger partial charge is 0.350 e. The van der Waals surface area contributed by atoms with E-state index in [0.29, 0.717) is 18.7 Å². The third-order valence-corrected chi connectivity index (χ3v) is 3.74. The SMILES string of the molecule is CC(C)CC(=O)Nc1cccc(CNC(=O)CNC(=O)[C@@H](N)C(C)C)c1.Cl. The number of nitrogens with two attached hydrogens (primary N) is 1. The predicted octanol–water partition coefficient (Wildman–Crippen LogP) is 1.81. The molecule has 3 amide bonds. The van der Waals surface area contributed by atoms with E-state index in [4.69, 9.17) is 5.73 Å². The first kappa shape index (κ1) is 24.9. The molecular weight excluding hydrogens is 368 g/mol. The fourth-order valence-corrected chi connectivity index (χ4v) is 2.19. The van der Waals surface area contributed by atoms with E-state index < -0.39 is 6.04 Å². The Bertz CT molecular complexity index is 635. The first-order chi connectivity index (χ1) is 12.2. The van der Waals surface area contributed by atoms with E-state index in [9.17, 15) is 14.4 Å². The Hall–Kier alpha value is -2.12. The Labute approximate surface area is 167 Å². The lowest BCUT2D eigenvalue weighted by Crippen LogP contribution is -2.47. The van der Waals surface area contributed by atoms with Gasteiger partial charge in [0.15, 0.2) is 0 Å². The van der Waals surface area contributed by atoms with Crippen LogP contribution in [0.2, 0.25) is 0 Å². The molecule has 1 rings (SSSR count). The first-order valence-corrected chi connectivity index (χ1v) is 8.87. The van der Waals surface area contributed by atoms with E-state index in [1.54, 1.807) is 6.07 Å². The van der Waals surface area contributed by atoms with Crippen LogP contribution >= 0.6 is 12.4 Å². The van der Waals surface area contributed by atoms with E-state index in [2.05, 4.69) is 16.0 Å². The fourth-order valence-electron chi connectivity index (χ4n) is 2.19. The lowest BCUT2D eigenvalue weighted by molar-refractivity contribution is -0.127. The van der Waals surface area contributed by atoms with E-state index >= 15 is 0 Å². The summed E-state index contributed by atoms with van der Waals surface area (Å²) in [5.74, 6) is -0.387. The van der Waals surface area contributed by atoms with Crippen LogP contribution in [0.4, 0.5) is 5.69 Å². The number of nitrogens with one attached hydrogen (secondary N) is 3. The maximum Gasteiger partial charge on any atom is 0.239 e. The predicted molar refractivity (Wildman–Crippen MR) is 109 cm³/mol. The highest BCUT2D eigenvalue weighted by Gasteiger charge is 2.17. The summed E-state index contributed by atoms with van der Waals surface area (Å²) in [6, 6.07) is 6.65. The smallest absolute Gasteiger partial charge is 0.239 e. The number of halogens is 1. The van der Waals surface area contributed by atoms with E-state index in [1.807, 2.05) is 45.9 Å². The minimum atomic E-state index is -0.631. The van der Waals surface area contributed by atoms with Crippen molar-refractivity contribution in [1.29, 1.82) is 0 Å². The number of anilines is 1. The van der Waals surface area contributed by atoms with Gasteiger partial charge in [-0.15, -0.1) is 12.4 Å². The van der Waals surface area contributed by atoms with Crippen LogP contribution in [0.15, 0.2) is 24.3 Å². The van der Waals surface area contributed by atoms with Crippen LogP contribution in [-0.2, 0) is 20.9 Å².